The Labute approximate surface area is 139 Å². The van der Waals surface area contributed by atoms with E-state index in [9.17, 15) is 8.42 Å². The molecule has 3 rings (SSSR count). The normalized spacial score (nSPS) is 17.5. The summed E-state index contributed by atoms with van der Waals surface area (Å²) in [7, 11) is -3.38. The van der Waals surface area contributed by atoms with Gasteiger partial charge in [0.2, 0.25) is 10.0 Å². The molecule has 116 valence electrons. The largest absolute Gasteiger partial charge is 0.265 e. The second kappa shape index (κ2) is 6.48. The first-order chi connectivity index (χ1) is 10.6. The summed E-state index contributed by atoms with van der Waals surface area (Å²) in [6, 6.07) is 10.9. The molecule has 0 unspecified atom stereocenters. The molecule has 2 heterocycles. The molecule has 0 saturated carbocycles. The van der Waals surface area contributed by atoms with E-state index in [4.69, 9.17) is 0 Å². The van der Waals surface area contributed by atoms with E-state index in [1.807, 2.05) is 12.1 Å². The van der Waals surface area contributed by atoms with Crippen LogP contribution in [0.2, 0.25) is 0 Å². The Morgan fingerprint density at radius 2 is 1.59 bits per heavy atom. The molecular weight excluding hydrogens is 364 g/mol. The minimum atomic E-state index is -3.38. The lowest BCUT2D eigenvalue weighted by molar-refractivity contribution is 0.319. The monoisotopic (exact) mass is 380 g/mol. The van der Waals surface area contributed by atoms with Gasteiger partial charge in [-0.25, -0.2) is 8.42 Å². The number of sulfonamides is 1. The first kappa shape index (κ1) is 15.6. The molecule has 1 aromatic heterocycles. The van der Waals surface area contributed by atoms with E-state index in [1.165, 1.54) is 5.56 Å². The van der Waals surface area contributed by atoms with Gasteiger partial charge < -0.3 is 0 Å². The molecule has 2 aromatic rings. The third kappa shape index (κ3) is 3.24. The van der Waals surface area contributed by atoms with Crippen molar-refractivity contribution >= 4 is 26.0 Å². The van der Waals surface area contributed by atoms with Gasteiger partial charge in [0.25, 0.3) is 0 Å². The zero-order chi connectivity index (χ0) is 15.6. The summed E-state index contributed by atoms with van der Waals surface area (Å²) >= 11 is 3.33. The molecule has 1 fully saturated rings. The molecule has 1 aliphatic rings. The standard InChI is InChI=1S/C16H17BrN2O2S/c17-15-1-3-16(4-2-15)22(20,21)19-11-7-14(8-12-19)13-5-9-18-10-6-13/h1-6,9-10,14H,7-8,11-12H2. The lowest BCUT2D eigenvalue weighted by Crippen LogP contribution is -2.37. The molecule has 0 aliphatic carbocycles. The number of rotatable bonds is 3. The Balaban J connectivity index is 1.72. The summed E-state index contributed by atoms with van der Waals surface area (Å²) < 4.78 is 27.8. The van der Waals surface area contributed by atoms with Gasteiger partial charge in [-0.05, 0) is 60.7 Å². The Kier molecular flexibility index (Phi) is 4.61. The van der Waals surface area contributed by atoms with Crippen LogP contribution in [0.5, 0.6) is 0 Å². The number of pyridine rings is 1. The van der Waals surface area contributed by atoms with Gasteiger partial charge in [0.05, 0.1) is 4.90 Å². The highest BCUT2D eigenvalue weighted by atomic mass is 79.9. The molecule has 0 spiro atoms. The zero-order valence-electron chi connectivity index (χ0n) is 12.0. The summed E-state index contributed by atoms with van der Waals surface area (Å²) in [6.45, 7) is 1.12. The summed E-state index contributed by atoms with van der Waals surface area (Å²) in [6.07, 6.45) is 5.28. The van der Waals surface area contributed by atoms with Crippen molar-refractivity contribution in [3.63, 3.8) is 0 Å². The Bertz CT molecular complexity index is 725. The predicted molar refractivity (Wildman–Crippen MR) is 89.1 cm³/mol. The van der Waals surface area contributed by atoms with Crippen molar-refractivity contribution in [1.29, 1.82) is 0 Å². The van der Waals surface area contributed by atoms with Crippen molar-refractivity contribution in [2.45, 2.75) is 23.7 Å². The summed E-state index contributed by atoms with van der Waals surface area (Å²) in [5, 5.41) is 0. The second-order valence-electron chi connectivity index (χ2n) is 5.41. The van der Waals surface area contributed by atoms with E-state index in [2.05, 4.69) is 20.9 Å². The molecule has 22 heavy (non-hydrogen) atoms. The molecule has 0 N–H and O–H groups in total. The van der Waals surface area contributed by atoms with Gasteiger partial charge >= 0.3 is 0 Å². The smallest absolute Gasteiger partial charge is 0.243 e. The lowest BCUT2D eigenvalue weighted by atomic mass is 9.91. The van der Waals surface area contributed by atoms with Gasteiger partial charge in [-0.2, -0.15) is 4.31 Å². The van der Waals surface area contributed by atoms with Crippen LogP contribution in [0.3, 0.4) is 0 Å². The van der Waals surface area contributed by atoms with Gasteiger partial charge in [0.15, 0.2) is 0 Å². The second-order valence-corrected chi connectivity index (χ2v) is 8.27. The Morgan fingerprint density at radius 3 is 2.18 bits per heavy atom. The van der Waals surface area contributed by atoms with Crippen molar-refractivity contribution in [1.82, 2.24) is 9.29 Å². The average Bonchev–Trinajstić information content (AvgIpc) is 2.56. The molecule has 1 saturated heterocycles. The van der Waals surface area contributed by atoms with Crippen molar-refractivity contribution in [3.05, 3.63) is 58.8 Å². The summed E-state index contributed by atoms with van der Waals surface area (Å²) in [4.78, 5) is 4.39. The third-order valence-electron chi connectivity index (χ3n) is 4.08. The van der Waals surface area contributed by atoms with Crippen LogP contribution in [0.1, 0.15) is 24.3 Å². The average molecular weight is 381 g/mol. The first-order valence-corrected chi connectivity index (χ1v) is 9.46. The molecule has 0 bridgehead atoms. The maximum absolute atomic E-state index is 12.6. The molecule has 4 nitrogen and oxygen atoms in total. The van der Waals surface area contributed by atoms with E-state index in [1.54, 1.807) is 41.0 Å². The minimum Gasteiger partial charge on any atom is -0.265 e. The zero-order valence-corrected chi connectivity index (χ0v) is 14.4. The van der Waals surface area contributed by atoms with E-state index < -0.39 is 10.0 Å². The highest BCUT2D eigenvalue weighted by molar-refractivity contribution is 9.10. The van der Waals surface area contributed by atoms with Gasteiger partial charge in [-0.3, -0.25) is 4.98 Å². The first-order valence-electron chi connectivity index (χ1n) is 7.23. The van der Waals surface area contributed by atoms with Crippen LogP contribution < -0.4 is 0 Å². The van der Waals surface area contributed by atoms with E-state index in [0.717, 1.165) is 17.3 Å². The van der Waals surface area contributed by atoms with E-state index >= 15 is 0 Å². The lowest BCUT2D eigenvalue weighted by Gasteiger charge is -2.31. The summed E-state index contributed by atoms with van der Waals surface area (Å²) in [5.41, 5.74) is 1.25. The maximum Gasteiger partial charge on any atom is 0.243 e. The SMILES string of the molecule is O=S(=O)(c1ccc(Br)cc1)N1CCC(c2ccncc2)CC1. The van der Waals surface area contributed by atoms with Gasteiger partial charge in [0.1, 0.15) is 0 Å². The predicted octanol–water partition coefficient (Wildman–Crippen LogP) is 3.41. The number of piperidine rings is 1. The number of halogens is 1. The fourth-order valence-electron chi connectivity index (χ4n) is 2.82. The van der Waals surface area contributed by atoms with Crippen LogP contribution >= 0.6 is 15.9 Å². The van der Waals surface area contributed by atoms with Crippen LogP contribution in [0.4, 0.5) is 0 Å². The highest BCUT2D eigenvalue weighted by Gasteiger charge is 2.29. The van der Waals surface area contributed by atoms with Gasteiger partial charge in [0, 0.05) is 30.0 Å². The third-order valence-corrected chi connectivity index (χ3v) is 6.52. The number of nitrogens with zero attached hydrogens (tertiary/aromatic N) is 2. The fraction of sp³-hybridized carbons (Fsp3) is 0.312. The van der Waals surface area contributed by atoms with Crippen LogP contribution in [0.15, 0.2) is 58.2 Å². The number of hydrogen-bond acceptors (Lipinski definition) is 3. The fourth-order valence-corrected chi connectivity index (χ4v) is 4.55. The molecule has 1 aliphatic heterocycles. The maximum atomic E-state index is 12.6. The summed E-state index contributed by atoms with van der Waals surface area (Å²) in [5.74, 6) is 0.416. The molecule has 6 heteroatoms. The topological polar surface area (TPSA) is 50.3 Å². The molecule has 1 aromatic carbocycles. The van der Waals surface area contributed by atoms with Crippen LogP contribution in [0, 0.1) is 0 Å². The highest BCUT2D eigenvalue weighted by Crippen LogP contribution is 2.30. The van der Waals surface area contributed by atoms with Crippen molar-refractivity contribution < 1.29 is 8.42 Å². The van der Waals surface area contributed by atoms with Crippen LogP contribution in [-0.2, 0) is 10.0 Å². The molecule has 0 radical (unpaired) electrons. The minimum absolute atomic E-state index is 0.359. The Morgan fingerprint density at radius 1 is 1.00 bits per heavy atom. The number of hydrogen-bond donors (Lipinski definition) is 0. The molecule has 0 atom stereocenters. The van der Waals surface area contributed by atoms with Crippen molar-refractivity contribution in [2.75, 3.05) is 13.1 Å². The van der Waals surface area contributed by atoms with Gasteiger partial charge in [-0.1, -0.05) is 15.9 Å². The van der Waals surface area contributed by atoms with E-state index in [0.29, 0.717) is 23.9 Å². The van der Waals surface area contributed by atoms with Gasteiger partial charge in [-0.15, -0.1) is 0 Å². The van der Waals surface area contributed by atoms with Crippen molar-refractivity contribution in [2.24, 2.45) is 0 Å². The Hall–Kier alpha value is -1.24. The molecule has 0 amide bonds. The van der Waals surface area contributed by atoms with Crippen LogP contribution in [0.25, 0.3) is 0 Å². The van der Waals surface area contributed by atoms with Crippen molar-refractivity contribution in [3.8, 4) is 0 Å². The number of benzene rings is 1. The number of aromatic nitrogens is 1. The quantitative estimate of drug-likeness (QED) is 0.819. The van der Waals surface area contributed by atoms with Crippen LogP contribution in [-0.4, -0.2) is 30.8 Å². The molecular formula is C16H17BrN2O2S. The van der Waals surface area contributed by atoms with E-state index in [-0.39, 0.29) is 0 Å².